The molecule has 0 bridgehead atoms. The summed E-state index contributed by atoms with van der Waals surface area (Å²) in [5.41, 5.74) is 6.08. The molecule has 2 aromatic rings. The monoisotopic (exact) mass is 297 g/mol. The predicted molar refractivity (Wildman–Crippen MR) is 76.0 cm³/mol. The molecule has 0 aliphatic carbocycles. The standard InChI is InChI=1S/C14H17ClFN3O/c1-3-14(4-2,8-17)13-18-12(19-20-13)10-6-5-9(16)7-11(10)15/h5-7H,3-4,8,17H2,1-2H3. The van der Waals surface area contributed by atoms with Gasteiger partial charge in [-0.25, -0.2) is 4.39 Å². The zero-order valence-electron chi connectivity index (χ0n) is 11.5. The largest absolute Gasteiger partial charge is 0.338 e. The average molecular weight is 298 g/mol. The first-order valence-electron chi connectivity index (χ1n) is 6.56. The molecule has 0 amide bonds. The van der Waals surface area contributed by atoms with Gasteiger partial charge >= 0.3 is 0 Å². The lowest BCUT2D eigenvalue weighted by Gasteiger charge is -2.24. The first-order chi connectivity index (χ1) is 9.56. The molecule has 1 aromatic heterocycles. The van der Waals surface area contributed by atoms with E-state index in [0.29, 0.717) is 23.8 Å². The first kappa shape index (κ1) is 14.9. The molecule has 6 heteroatoms. The lowest BCUT2D eigenvalue weighted by atomic mass is 9.82. The van der Waals surface area contributed by atoms with Crippen molar-refractivity contribution in [3.8, 4) is 11.4 Å². The summed E-state index contributed by atoms with van der Waals surface area (Å²) >= 11 is 6.00. The summed E-state index contributed by atoms with van der Waals surface area (Å²) in [4.78, 5) is 4.39. The third kappa shape index (κ3) is 2.55. The van der Waals surface area contributed by atoms with E-state index in [0.717, 1.165) is 12.8 Å². The number of hydrogen-bond acceptors (Lipinski definition) is 4. The van der Waals surface area contributed by atoms with Crippen LogP contribution in [0, 0.1) is 5.82 Å². The van der Waals surface area contributed by atoms with Gasteiger partial charge in [-0.15, -0.1) is 0 Å². The summed E-state index contributed by atoms with van der Waals surface area (Å²) < 4.78 is 18.4. The van der Waals surface area contributed by atoms with Gasteiger partial charge in [-0.3, -0.25) is 0 Å². The van der Waals surface area contributed by atoms with E-state index in [9.17, 15) is 4.39 Å². The van der Waals surface area contributed by atoms with Crippen LogP contribution in [0.25, 0.3) is 11.4 Å². The summed E-state index contributed by atoms with van der Waals surface area (Å²) in [6.07, 6.45) is 1.61. The zero-order chi connectivity index (χ0) is 14.8. The number of aromatic nitrogens is 2. The number of nitrogens with two attached hydrogens (primary N) is 1. The molecule has 108 valence electrons. The fourth-order valence-electron chi connectivity index (χ4n) is 2.15. The molecule has 0 unspecified atom stereocenters. The minimum Gasteiger partial charge on any atom is -0.338 e. The summed E-state index contributed by atoms with van der Waals surface area (Å²) in [6, 6.07) is 4.07. The highest BCUT2D eigenvalue weighted by atomic mass is 35.5. The number of nitrogens with zero attached hydrogens (tertiary/aromatic N) is 2. The van der Waals surface area contributed by atoms with Crippen molar-refractivity contribution in [2.45, 2.75) is 32.1 Å². The minimum atomic E-state index is -0.402. The SMILES string of the molecule is CCC(CC)(CN)c1nc(-c2ccc(F)cc2Cl)no1. The van der Waals surface area contributed by atoms with Crippen molar-refractivity contribution in [1.82, 2.24) is 10.1 Å². The van der Waals surface area contributed by atoms with E-state index in [2.05, 4.69) is 10.1 Å². The molecule has 1 aromatic carbocycles. The lowest BCUT2D eigenvalue weighted by Crippen LogP contribution is -2.34. The molecule has 2 N–H and O–H groups in total. The van der Waals surface area contributed by atoms with Crippen molar-refractivity contribution in [2.24, 2.45) is 5.73 Å². The highest BCUT2D eigenvalue weighted by Gasteiger charge is 2.33. The molecule has 0 saturated carbocycles. The fraction of sp³-hybridized carbons (Fsp3) is 0.429. The molecule has 0 aliphatic rings. The zero-order valence-corrected chi connectivity index (χ0v) is 12.2. The van der Waals surface area contributed by atoms with E-state index in [1.54, 1.807) is 0 Å². The molecule has 20 heavy (non-hydrogen) atoms. The molecule has 1 heterocycles. The molecule has 0 radical (unpaired) electrons. The maximum absolute atomic E-state index is 13.1. The summed E-state index contributed by atoms with van der Waals surface area (Å²) in [6.45, 7) is 4.50. The van der Waals surface area contributed by atoms with Crippen LogP contribution >= 0.6 is 11.6 Å². The Bertz CT molecular complexity index is 588. The van der Waals surface area contributed by atoms with E-state index >= 15 is 0 Å². The van der Waals surface area contributed by atoms with E-state index in [1.807, 2.05) is 13.8 Å². The minimum absolute atomic E-state index is 0.253. The predicted octanol–water partition coefficient (Wildman–Crippen LogP) is 3.55. The van der Waals surface area contributed by atoms with Gasteiger partial charge in [0.25, 0.3) is 0 Å². The summed E-state index contributed by atoms with van der Waals surface area (Å²) in [5.74, 6) is 0.450. The molecule has 0 aliphatic heterocycles. The van der Waals surface area contributed by atoms with Gasteiger partial charge < -0.3 is 10.3 Å². The van der Waals surface area contributed by atoms with Gasteiger partial charge in [0.2, 0.25) is 11.7 Å². The molecule has 0 fully saturated rings. The van der Waals surface area contributed by atoms with Gasteiger partial charge in [0.15, 0.2) is 0 Å². The van der Waals surface area contributed by atoms with Crippen molar-refractivity contribution in [1.29, 1.82) is 0 Å². The Morgan fingerprint density at radius 3 is 2.60 bits per heavy atom. The van der Waals surface area contributed by atoms with Crippen LogP contribution < -0.4 is 5.73 Å². The third-order valence-electron chi connectivity index (χ3n) is 3.80. The second kappa shape index (κ2) is 5.89. The van der Waals surface area contributed by atoms with Crippen LogP contribution in [0.1, 0.15) is 32.6 Å². The van der Waals surface area contributed by atoms with Gasteiger partial charge in [0.05, 0.1) is 10.4 Å². The summed E-state index contributed by atoms with van der Waals surface area (Å²) in [7, 11) is 0. The number of halogens is 2. The Morgan fingerprint density at radius 2 is 2.05 bits per heavy atom. The normalized spacial score (nSPS) is 11.8. The maximum Gasteiger partial charge on any atom is 0.234 e. The molecule has 0 atom stereocenters. The Kier molecular flexibility index (Phi) is 4.40. The maximum atomic E-state index is 13.1. The van der Waals surface area contributed by atoms with Gasteiger partial charge in [0, 0.05) is 12.1 Å². The fourth-order valence-corrected chi connectivity index (χ4v) is 2.40. The Balaban J connectivity index is 2.42. The van der Waals surface area contributed by atoms with Crippen LogP contribution in [0.2, 0.25) is 5.02 Å². The Morgan fingerprint density at radius 1 is 1.35 bits per heavy atom. The van der Waals surface area contributed by atoms with E-state index < -0.39 is 5.82 Å². The number of rotatable bonds is 5. The van der Waals surface area contributed by atoms with Crippen LogP contribution in [0.3, 0.4) is 0 Å². The lowest BCUT2D eigenvalue weighted by molar-refractivity contribution is 0.267. The van der Waals surface area contributed by atoms with Crippen LogP contribution in [0.4, 0.5) is 4.39 Å². The molecular formula is C14H17ClFN3O. The van der Waals surface area contributed by atoms with Gasteiger partial charge in [-0.2, -0.15) is 4.98 Å². The van der Waals surface area contributed by atoms with Crippen LogP contribution in [0.15, 0.2) is 22.7 Å². The molecule has 0 spiro atoms. The molecular weight excluding hydrogens is 281 g/mol. The Hall–Kier alpha value is -1.46. The van der Waals surface area contributed by atoms with Gasteiger partial charge in [0.1, 0.15) is 5.82 Å². The molecule has 2 rings (SSSR count). The van der Waals surface area contributed by atoms with Crippen molar-refractivity contribution in [3.05, 3.63) is 34.9 Å². The average Bonchev–Trinajstić information content (AvgIpc) is 2.91. The third-order valence-corrected chi connectivity index (χ3v) is 4.11. The topological polar surface area (TPSA) is 64.9 Å². The number of hydrogen-bond donors (Lipinski definition) is 1. The van der Waals surface area contributed by atoms with E-state index in [4.69, 9.17) is 21.9 Å². The number of benzene rings is 1. The quantitative estimate of drug-likeness (QED) is 0.916. The Labute approximate surface area is 122 Å². The summed E-state index contributed by atoms with van der Waals surface area (Å²) in [5, 5.41) is 4.19. The first-order valence-corrected chi connectivity index (χ1v) is 6.93. The van der Waals surface area contributed by atoms with Gasteiger partial charge in [-0.05, 0) is 31.0 Å². The highest BCUT2D eigenvalue weighted by molar-refractivity contribution is 6.33. The second-order valence-corrected chi connectivity index (χ2v) is 5.15. The van der Waals surface area contributed by atoms with E-state index in [-0.39, 0.29) is 10.4 Å². The van der Waals surface area contributed by atoms with Crippen LogP contribution in [-0.2, 0) is 5.41 Å². The van der Waals surface area contributed by atoms with Crippen molar-refractivity contribution >= 4 is 11.6 Å². The van der Waals surface area contributed by atoms with Crippen molar-refractivity contribution < 1.29 is 8.91 Å². The van der Waals surface area contributed by atoms with Crippen LogP contribution in [-0.4, -0.2) is 16.7 Å². The van der Waals surface area contributed by atoms with Crippen molar-refractivity contribution in [3.63, 3.8) is 0 Å². The van der Waals surface area contributed by atoms with Gasteiger partial charge in [-0.1, -0.05) is 30.6 Å². The van der Waals surface area contributed by atoms with E-state index in [1.165, 1.54) is 18.2 Å². The molecule has 4 nitrogen and oxygen atoms in total. The smallest absolute Gasteiger partial charge is 0.234 e. The highest BCUT2D eigenvalue weighted by Crippen LogP contribution is 2.32. The van der Waals surface area contributed by atoms with Crippen LogP contribution in [0.5, 0.6) is 0 Å². The second-order valence-electron chi connectivity index (χ2n) is 4.74. The van der Waals surface area contributed by atoms with Crippen molar-refractivity contribution in [2.75, 3.05) is 6.54 Å². The molecule has 0 saturated heterocycles.